The SMILES string of the molecule is CN=C(NCCc1c[nH]c2ccccc12)NCC(C)(C)N1CCOCC1.I. The van der Waals surface area contributed by atoms with Gasteiger partial charge in [0, 0.05) is 55.9 Å². The lowest BCUT2D eigenvalue weighted by Gasteiger charge is -2.41. The number of nitrogens with one attached hydrogen (secondary N) is 3. The molecule has 0 spiro atoms. The van der Waals surface area contributed by atoms with E-state index in [1.807, 2.05) is 7.05 Å². The number of para-hydroxylation sites is 1. The number of fused-ring (bicyclic) bond motifs is 1. The zero-order valence-corrected chi connectivity index (χ0v) is 18.9. The summed E-state index contributed by atoms with van der Waals surface area (Å²) in [6, 6.07) is 8.42. The van der Waals surface area contributed by atoms with Gasteiger partial charge in [-0.2, -0.15) is 0 Å². The van der Waals surface area contributed by atoms with Crippen LogP contribution in [0.15, 0.2) is 35.5 Å². The highest BCUT2D eigenvalue weighted by atomic mass is 127. The third kappa shape index (κ3) is 5.83. The summed E-state index contributed by atoms with van der Waals surface area (Å²) in [5.74, 6) is 0.853. The van der Waals surface area contributed by atoms with Crippen LogP contribution in [0.25, 0.3) is 10.9 Å². The van der Waals surface area contributed by atoms with Gasteiger partial charge in [0.05, 0.1) is 13.2 Å². The summed E-state index contributed by atoms with van der Waals surface area (Å²) in [5, 5.41) is 8.20. The number of aromatic nitrogens is 1. The molecule has 27 heavy (non-hydrogen) atoms. The molecule has 0 unspecified atom stereocenters. The number of aliphatic imine (C=N–C) groups is 1. The molecule has 2 heterocycles. The lowest BCUT2D eigenvalue weighted by Crippen LogP contribution is -2.56. The molecule has 1 fully saturated rings. The first-order valence-electron chi connectivity index (χ1n) is 9.42. The highest BCUT2D eigenvalue weighted by Gasteiger charge is 2.28. The number of rotatable bonds is 6. The Hall–Kier alpha value is -1.32. The monoisotopic (exact) mass is 485 g/mol. The van der Waals surface area contributed by atoms with Crippen LogP contribution in [0.4, 0.5) is 0 Å². The summed E-state index contributed by atoms with van der Waals surface area (Å²) in [5.41, 5.74) is 2.59. The average Bonchev–Trinajstić information content (AvgIpc) is 3.08. The second kappa shape index (κ2) is 10.3. The van der Waals surface area contributed by atoms with Crippen molar-refractivity contribution in [2.45, 2.75) is 25.8 Å². The van der Waals surface area contributed by atoms with Gasteiger partial charge < -0.3 is 20.4 Å². The Kier molecular flexibility index (Phi) is 8.37. The summed E-state index contributed by atoms with van der Waals surface area (Å²) in [6.45, 7) is 9.85. The fraction of sp³-hybridized carbons (Fsp3) is 0.550. The van der Waals surface area contributed by atoms with E-state index in [1.165, 1.54) is 16.5 Å². The number of benzene rings is 1. The Balaban J connectivity index is 0.00000261. The molecule has 1 aliphatic rings. The van der Waals surface area contributed by atoms with Crippen LogP contribution >= 0.6 is 24.0 Å². The lowest BCUT2D eigenvalue weighted by atomic mass is 10.0. The van der Waals surface area contributed by atoms with Gasteiger partial charge in [-0.25, -0.2) is 0 Å². The Labute approximate surface area is 179 Å². The van der Waals surface area contributed by atoms with Crippen molar-refractivity contribution in [1.29, 1.82) is 0 Å². The van der Waals surface area contributed by atoms with E-state index < -0.39 is 0 Å². The van der Waals surface area contributed by atoms with Crippen LogP contribution in [0.5, 0.6) is 0 Å². The molecule has 1 saturated heterocycles. The van der Waals surface area contributed by atoms with Crippen molar-refractivity contribution in [1.82, 2.24) is 20.5 Å². The largest absolute Gasteiger partial charge is 0.379 e. The molecular formula is C20H32IN5O. The van der Waals surface area contributed by atoms with E-state index in [4.69, 9.17) is 4.74 Å². The standard InChI is InChI=1S/C20H31N5O.HI/c1-20(2,25-10-12-26-13-11-25)15-24-19(21-3)22-9-8-16-14-23-18-7-5-4-6-17(16)18;/h4-7,14,23H,8-13,15H2,1-3H3,(H2,21,22,24);1H. The molecular weight excluding hydrogens is 453 g/mol. The molecule has 0 saturated carbocycles. The van der Waals surface area contributed by atoms with Gasteiger partial charge in [0.2, 0.25) is 0 Å². The Bertz CT molecular complexity index is 737. The van der Waals surface area contributed by atoms with Crippen molar-refractivity contribution < 1.29 is 4.74 Å². The third-order valence-corrected chi connectivity index (χ3v) is 5.14. The van der Waals surface area contributed by atoms with Gasteiger partial charge in [-0.3, -0.25) is 9.89 Å². The molecule has 150 valence electrons. The number of aromatic amines is 1. The number of morpholine rings is 1. The van der Waals surface area contributed by atoms with E-state index in [0.29, 0.717) is 0 Å². The highest BCUT2D eigenvalue weighted by Crippen LogP contribution is 2.18. The summed E-state index contributed by atoms with van der Waals surface area (Å²) in [6.07, 6.45) is 3.06. The minimum atomic E-state index is 0. The average molecular weight is 485 g/mol. The molecule has 0 amide bonds. The van der Waals surface area contributed by atoms with Crippen molar-refractivity contribution in [2.75, 3.05) is 46.4 Å². The number of ether oxygens (including phenoxy) is 1. The molecule has 0 bridgehead atoms. The minimum absolute atomic E-state index is 0. The van der Waals surface area contributed by atoms with Crippen molar-refractivity contribution >= 4 is 40.8 Å². The summed E-state index contributed by atoms with van der Waals surface area (Å²) in [7, 11) is 1.82. The van der Waals surface area contributed by atoms with Crippen molar-refractivity contribution in [2.24, 2.45) is 4.99 Å². The van der Waals surface area contributed by atoms with E-state index in [0.717, 1.165) is 51.8 Å². The third-order valence-electron chi connectivity index (χ3n) is 5.14. The van der Waals surface area contributed by atoms with Crippen LogP contribution in [-0.2, 0) is 11.2 Å². The first-order valence-corrected chi connectivity index (χ1v) is 9.42. The van der Waals surface area contributed by atoms with Gasteiger partial charge in [0.1, 0.15) is 0 Å². The summed E-state index contributed by atoms with van der Waals surface area (Å²) < 4.78 is 5.46. The predicted molar refractivity (Wildman–Crippen MR) is 123 cm³/mol. The van der Waals surface area contributed by atoms with Crippen molar-refractivity contribution in [3.63, 3.8) is 0 Å². The summed E-state index contributed by atoms with van der Waals surface area (Å²) in [4.78, 5) is 10.2. The number of hydrogen-bond donors (Lipinski definition) is 3. The van der Waals surface area contributed by atoms with Crippen LogP contribution in [0.2, 0.25) is 0 Å². The maximum Gasteiger partial charge on any atom is 0.191 e. The molecule has 0 radical (unpaired) electrons. The fourth-order valence-corrected chi connectivity index (χ4v) is 3.46. The fourth-order valence-electron chi connectivity index (χ4n) is 3.46. The number of H-pyrrole nitrogens is 1. The van der Waals surface area contributed by atoms with Gasteiger partial charge in [-0.15, -0.1) is 24.0 Å². The van der Waals surface area contributed by atoms with Gasteiger partial charge in [-0.05, 0) is 31.9 Å². The molecule has 1 aromatic carbocycles. The van der Waals surface area contributed by atoms with Gasteiger partial charge in [-0.1, -0.05) is 18.2 Å². The molecule has 1 aromatic heterocycles. The molecule has 1 aliphatic heterocycles. The van der Waals surface area contributed by atoms with Gasteiger partial charge in [0.25, 0.3) is 0 Å². The second-order valence-electron chi connectivity index (χ2n) is 7.37. The number of guanidine groups is 1. The zero-order valence-electron chi connectivity index (χ0n) is 16.5. The molecule has 3 rings (SSSR count). The smallest absolute Gasteiger partial charge is 0.191 e. The van der Waals surface area contributed by atoms with Crippen LogP contribution in [0.3, 0.4) is 0 Å². The van der Waals surface area contributed by atoms with Gasteiger partial charge in [0.15, 0.2) is 5.96 Å². The predicted octanol–water partition coefficient (Wildman–Crippen LogP) is 2.60. The molecule has 6 nitrogen and oxygen atoms in total. The van der Waals surface area contributed by atoms with Crippen LogP contribution in [0.1, 0.15) is 19.4 Å². The lowest BCUT2D eigenvalue weighted by molar-refractivity contribution is -0.00833. The Morgan fingerprint density at radius 1 is 1.22 bits per heavy atom. The molecule has 7 heteroatoms. The van der Waals surface area contributed by atoms with Crippen LogP contribution < -0.4 is 10.6 Å². The van der Waals surface area contributed by atoms with E-state index in [2.05, 4.69) is 69.8 Å². The van der Waals surface area contributed by atoms with Crippen LogP contribution in [0, 0.1) is 0 Å². The molecule has 0 atom stereocenters. The number of hydrogen-bond acceptors (Lipinski definition) is 3. The quantitative estimate of drug-likeness (QED) is 0.335. The zero-order chi connectivity index (χ0) is 18.4. The molecule has 0 aliphatic carbocycles. The topological polar surface area (TPSA) is 64.7 Å². The first kappa shape index (κ1) is 22.0. The maximum absolute atomic E-state index is 5.46. The number of nitrogens with zero attached hydrogens (tertiary/aromatic N) is 2. The van der Waals surface area contributed by atoms with Crippen molar-refractivity contribution in [3.8, 4) is 0 Å². The second-order valence-corrected chi connectivity index (χ2v) is 7.37. The van der Waals surface area contributed by atoms with E-state index >= 15 is 0 Å². The summed E-state index contributed by atoms with van der Waals surface area (Å²) >= 11 is 0. The van der Waals surface area contributed by atoms with Crippen LogP contribution in [-0.4, -0.2) is 67.8 Å². The van der Waals surface area contributed by atoms with E-state index in [-0.39, 0.29) is 29.5 Å². The Morgan fingerprint density at radius 3 is 2.70 bits per heavy atom. The highest BCUT2D eigenvalue weighted by molar-refractivity contribution is 14.0. The number of halogens is 1. The first-order chi connectivity index (χ1) is 12.6. The normalized spacial score (nSPS) is 16.2. The molecule has 2 aromatic rings. The maximum atomic E-state index is 5.46. The van der Waals surface area contributed by atoms with Crippen molar-refractivity contribution in [3.05, 3.63) is 36.0 Å². The van der Waals surface area contributed by atoms with E-state index in [9.17, 15) is 0 Å². The molecule has 3 N–H and O–H groups in total. The minimum Gasteiger partial charge on any atom is -0.379 e. The Morgan fingerprint density at radius 2 is 1.96 bits per heavy atom. The van der Waals surface area contributed by atoms with Gasteiger partial charge >= 0.3 is 0 Å². The van der Waals surface area contributed by atoms with E-state index in [1.54, 1.807) is 0 Å².